The maximum atomic E-state index is 5.66. The number of nitrogens with zero attached hydrogens (tertiary/aromatic N) is 2. The Bertz CT molecular complexity index is 553. The van der Waals surface area contributed by atoms with E-state index >= 15 is 0 Å². The Labute approximate surface area is 112 Å². The van der Waals surface area contributed by atoms with Gasteiger partial charge in [-0.1, -0.05) is 0 Å². The molecule has 5 nitrogen and oxygen atoms in total. The Balaban J connectivity index is 2.35. The molecule has 0 aliphatic carbocycles. The minimum absolute atomic E-state index is 0.0903. The summed E-state index contributed by atoms with van der Waals surface area (Å²) in [6, 6.07) is 5.60. The van der Waals surface area contributed by atoms with Gasteiger partial charge < -0.3 is 15.2 Å². The lowest BCUT2D eigenvalue weighted by molar-refractivity contribution is 0.230. The van der Waals surface area contributed by atoms with Gasteiger partial charge in [0.2, 0.25) is 0 Å². The van der Waals surface area contributed by atoms with Gasteiger partial charge in [-0.2, -0.15) is 0 Å². The van der Waals surface area contributed by atoms with E-state index in [1.165, 1.54) is 0 Å². The molecular formula is C14H17N3O2. The summed E-state index contributed by atoms with van der Waals surface area (Å²) in [6.45, 7) is 3.94. The summed E-state index contributed by atoms with van der Waals surface area (Å²) in [7, 11) is 1.61. The minimum Gasteiger partial charge on any atom is -0.493 e. The third-order valence-corrected chi connectivity index (χ3v) is 2.46. The highest BCUT2D eigenvalue weighted by Gasteiger charge is 2.09. The molecule has 0 aliphatic rings. The summed E-state index contributed by atoms with van der Waals surface area (Å²) in [5.74, 6) is 1.96. The van der Waals surface area contributed by atoms with Gasteiger partial charge in [0.1, 0.15) is 0 Å². The molecule has 19 heavy (non-hydrogen) atoms. The quantitative estimate of drug-likeness (QED) is 0.913. The molecule has 2 aromatic rings. The number of methoxy groups -OCH3 is 1. The second-order valence-corrected chi connectivity index (χ2v) is 4.37. The molecule has 2 N–H and O–H groups in total. The highest BCUT2D eigenvalue weighted by molar-refractivity contribution is 5.61. The number of anilines is 1. The third kappa shape index (κ3) is 3.13. The summed E-state index contributed by atoms with van der Waals surface area (Å²) < 4.78 is 11.0. The van der Waals surface area contributed by atoms with Crippen molar-refractivity contribution in [2.75, 3.05) is 12.8 Å². The van der Waals surface area contributed by atoms with Gasteiger partial charge in [0, 0.05) is 5.56 Å². The Morgan fingerprint density at radius 2 is 1.79 bits per heavy atom. The van der Waals surface area contributed by atoms with Gasteiger partial charge >= 0.3 is 0 Å². The van der Waals surface area contributed by atoms with Crippen LogP contribution in [0.25, 0.3) is 11.4 Å². The first-order valence-corrected chi connectivity index (χ1v) is 6.02. The smallest absolute Gasteiger partial charge is 0.161 e. The van der Waals surface area contributed by atoms with E-state index in [2.05, 4.69) is 9.97 Å². The number of nitrogens with two attached hydrogens (primary N) is 1. The van der Waals surface area contributed by atoms with Crippen molar-refractivity contribution in [3.05, 3.63) is 30.6 Å². The number of hydrogen-bond acceptors (Lipinski definition) is 5. The van der Waals surface area contributed by atoms with E-state index in [0.29, 0.717) is 23.0 Å². The van der Waals surface area contributed by atoms with E-state index in [9.17, 15) is 0 Å². The van der Waals surface area contributed by atoms with E-state index in [4.69, 9.17) is 15.2 Å². The standard InChI is InChI=1S/C14H17N3O2/c1-9(2)19-12-5-4-10(6-13(12)18-3)14-16-7-11(15)8-17-14/h4-9H,15H2,1-3H3. The first kappa shape index (κ1) is 13.1. The largest absolute Gasteiger partial charge is 0.493 e. The zero-order chi connectivity index (χ0) is 13.8. The fourth-order valence-corrected chi connectivity index (χ4v) is 1.65. The van der Waals surface area contributed by atoms with Gasteiger partial charge in [-0.15, -0.1) is 0 Å². The minimum atomic E-state index is 0.0903. The molecule has 0 atom stereocenters. The van der Waals surface area contributed by atoms with Gasteiger partial charge in [-0.25, -0.2) is 9.97 Å². The fraction of sp³-hybridized carbons (Fsp3) is 0.286. The van der Waals surface area contributed by atoms with Crippen LogP contribution in [0.15, 0.2) is 30.6 Å². The average Bonchev–Trinajstić information content (AvgIpc) is 2.39. The molecule has 1 aromatic heterocycles. The topological polar surface area (TPSA) is 70.3 Å². The van der Waals surface area contributed by atoms with Crippen molar-refractivity contribution in [1.29, 1.82) is 0 Å². The van der Waals surface area contributed by atoms with E-state index in [-0.39, 0.29) is 6.10 Å². The SMILES string of the molecule is COc1cc(-c2ncc(N)cn2)ccc1OC(C)C. The van der Waals surface area contributed by atoms with Crippen molar-refractivity contribution in [2.45, 2.75) is 20.0 Å². The molecule has 0 unspecified atom stereocenters. The highest BCUT2D eigenvalue weighted by Crippen LogP contribution is 2.31. The predicted octanol–water partition coefficient (Wildman–Crippen LogP) is 2.52. The molecule has 0 saturated heterocycles. The van der Waals surface area contributed by atoms with E-state index < -0.39 is 0 Å². The summed E-state index contributed by atoms with van der Waals surface area (Å²) in [4.78, 5) is 8.36. The van der Waals surface area contributed by atoms with Crippen LogP contribution in [0.1, 0.15) is 13.8 Å². The molecule has 2 rings (SSSR count). The second kappa shape index (κ2) is 5.56. The molecule has 5 heteroatoms. The molecule has 0 fully saturated rings. The summed E-state index contributed by atoms with van der Waals surface area (Å²) >= 11 is 0. The Morgan fingerprint density at radius 3 is 2.37 bits per heavy atom. The number of ether oxygens (including phenoxy) is 2. The summed E-state index contributed by atoms with van der Waals surface area (Å²) in [5, 5.41) is 0. The molecule has 0 saturated carbocycles. The first-order valence-electron chi connectivity index (χ1n) is 6.02. The first-order chi connectivity index (χ1) is 9.10. The molecular weight excluding hydrogens is 242 g/mol. The van der Waals surface area contributed by atoms with Crippen LogP contribution in [0.2, 0.25) is 0 Å². The predicted molar refractivity (Wildman–Crippen MR) is 74.2 cm³/mol. The average molecular weight is 259 g/mol. The van der Waals surface area contributed by atoms with Crippen LogP contribution in [-0.4, -0.2) is 23.2 Å². The van der Waals surface area contributed by atoms with Gasteiger partial charge in [0.05, 0.1) is 31.3 Å². The number of nitrogen functional groups attached to an aromatic ring is 1. The zero-order valence-corrected chi connectivity index (χ0v) is 11.3. The second-order valence-electron chi connectivity index (χ2n) is 4.37. The molecule has 0 bridgehead atoms. The van der Waals surface area contributed by atoms with Crippen LogP contribution in [-0.2, 0) is 0 Å². The molecule has 100 valence electrons. The molecule has 0 amide bonds. The lowest BCUT2D eigenvalue weighted by Gasteiger charge is -2.14. The van der Waals surface area contributed by atoms with Crippen molar-refractivity contribution in [3.8, 4) is 22.9 Å². The van der Waals surface area contributed by atoms with Crippen molar-refractivity contribution in [1.82, 2.24) is 9.97 Å². The Hall–Kier alpha value is -2.30. The summed E-state index contributed by atoms with van der Waals surface area (Å²) in [6.07, 6.45) is 3.24. The Morgan fingerprint density at radius 1 is 1.11 bits per heavy atom. The molecule has 0 radical (unpaired) electrons. The Kier molecular flexibility index (Phi) is 3.85. The molecule has 1 heterocycles. The van der Waals surface area contributed by atoms with E-state index in [1.807, 2.05) is 32.0 Å². The van der Waals surface area contributed by atoms with Crippen LogP contribution < -0.4 is 15.2 Å². The maximum absolute atomic E-state index is 5.66. The summed E-state index contributed by atoms with van der Waals surface area (Å²) in [5.41, 5.74) is 6.96. The third-order valence-electron chi connectivity index (χ3n) is 2.46. The van der Waals surface area contributed by atoms with Crippen LogP contribution in [0, 0.1) is 0 Å². The number of hydrogen-bond donors (Lipinski definition) is 1. The lowest BCUT2D eigenvalue weighted by atomic mass is 10.2. The van der Waals surface area contributed by atoms with Gasteiger partial charge in [-0.3, -0.25) is 0 Å². The van der Waals surface area contributed by atoms with Crippen molar-refractivity contribution < 1.29 is 9.47 Å². The maximum Gasteiger partial charge on any atom is 0.161 e. The monoisotopic (exact) mass is 259 g/mol. The lowest BCUT2D eigenvalue weighted by Crippen LogP contribution is -2.06. The van der Waals surface area contributed by atoms with Crippen molar-refractivity contribution >= 4 is 5.69 Å². The normalized spacial score (nSPS) is 10.5. The molecule has 0 spiro atoms. The number of rotatable bonds is 4. The van der Waals surface area contributed by atoms with Crippen molar-refractivity contribution in [3.63, 3.8) is 0 Å². The molecule has 1 aromatic carbocycles. The van der Waals surface area contributed by atoms with E-state index in [1.54, 1.807) is 19.5 Å². The number of benzene rings is 1. The van der Waals surface area contributed by atoms with Gasteiger partial charge in [0.25, 0.3) is 0 Å². The highest BCUT2D eigenvalue weighted by atomic mass is 16.5. The van der Waals surface area contributed by atoms with E-state index in [0.717, 1.165) is 5.56 Å². The van der Waals surface area contributed by atoms with Crippen LogP contribution in [0.5, 0.6) is 11.5 Å². The van der Waals surface area contributed by atoms with Crippen molar-refractivity contribution in [2.24, 2.45) is 0 Å². The van der Waals surface area contributed by atoms with Gasteiger partial charge in [-0.05, 0) is 32.0 Å². The van der Waals surface area contributed by atoms with Crippen LogP contribution in [0.3, 0.4) is 0 Å². The zero-order valence-electron chi connectivity index (χ0n) is 11.3. The fourth-order valence-electron chi connectivity index (χ4n) is 1.65. The van der Waals surface area contributed by atoms with Crippen LogP contribution >= 0.6 is 0 Å². The molecule has 0 aliphatic heterocycles. The van der Waals surface area contributed by atoms with Crippen LogP contribution in [0.4, 0.5) is 5.69 Å². The van der Waals surface area contributed by atoms with Gasteiger partial charge in [0.15, 0.2) is 17.3 Å². The number of aromatic nitrogens is 2.